The zero-order valence-corrected chi connectivity index (χ0v) is 11.2. The summed E-state index contributed by atoms with van der Waals surface area (Å²) in [5.41, 5.74) is 1.39. The molecule has 1 nitrogen and oxygen atoms in total. The van der Waals surface area contributed by atoms with Gasteiger partial charge in [-0.2, -0.15) is 0 Å². The molecule has 0 aliphatic carbocycles. The molecular weight excluding hydrogens is 232 g/mol. The molecule has 0 aromatic heterocycles. The first kappa shape index (κ1) is 12.9. The smallest absolute Gasteiger partial charge is 0.0596 e. The summed E-state index contributed by atoms with van der Waals surface area (Å²) in [7, 11) is 0. The zero-order valence-electron chi connectivity index (χ0n) is 10.4. The largest absolute Gasteiger partial charge is 0.375 e. The molecule has 0 amide bonds. The summed E-state index contributed by atoms with van der Waals surface area (Å²) < 4.78 is 6.04. The van der Waals surface area contributed by atoms with Gasteiger partial charge in [-0.3, -0.25) is 0 Å². The summed E-state index contributed by atoms with van der Waals surface area (Å²) in [5.74, 6) is 0. The summed E-state index contributed by atoms with van der Waals surface area (Å²) in [4.78, 5) is 0. The molecular formula is C15H21ClO. The molecule has 1 aromatic rings. The van der Waals surface area contributed by atoms with Crippen LogP contribution in [0.2, 0.25) is 0 Å². The Balaban J connectivity index is 1.82. The molecule has 0 saturated carbocycles. The van der Waals surface area contributed by atoms with Gasteiger partial charge >= 0.3 is 0 Å². The molecule has 2 rings (SSSR count). The Hall–Kier alpha value is -0.530. The maximum absolute atomic E-state index is 6.29. The van der Waals surface area contributed by atoms with Crippen molar-refractivity contribution in [1.82, 2.24) is 0 Å². The lowest BCUT2D eigenvalue weighted by atomic mass is 9.97. The van der Waals surface area contributed by atoms with Gasteiger partial charge in [0.25, 0.3) is 0 Å². The molecule has 1 aliphatic rings. The standard InChI is InChI=1S/C15H21ClO/c1-2-14-10-13(16)11-15(17-14)9-8-12-6-4-3-5-7-12/h3-7,13-15H,2,8-11H2,1H3/t13-,14+,15-/m0/s1. The van der Waals surface area contributed by atoms with E-state index in [0.29, 0.717) is 17.6 Å². The van der Waals surface area contributed by atoms with Crippen molar-refractivity contribution in [2.75, 3.05) is 0 Å². The third-order valence-corrected chi connectivity index (χ3v) is 3.83. The van der Waals surface area contributed by atoms with Gasteiger partial charge in [-0.05, 0) is 37.7 Å². The second kappa shape index (κ2) is 6.42. The van der Waals surface area contributed by atoms with Gasteiger partial charge in [0.2, 0.25) is 0 Å². The highest BCUT2D eigenvalue weighted by Gasteiger charge is 2.26. The molecule has 1 heterocycles. The van der Waals surface area contributed by atoms with Crippen LogP contribution in [0, 0.1) is 0 Å². The quantitative estimate of drug-likeness (QED) is 0.731. The molecule has 0 N–H and O–H groups in total. The van der Waals surface area contributed by atoms with Crippen molar-refractivity contribution >= 4 is 11.6 Å². The predicted octanol–water partition coefficient (Wildman–Crippen LogP) is 4.18. The van der Waals surface area contributed by atoms with E-state index in [1.165, 1.54) is 5.56 Å². The van der Waals surface area contributed by atoms with E-state index >= 15 is 0 Å². The van der Waals surface area contributed by atoms with E-state index in [0.717, 1.165) is 32.1 Å². The van der Waals surface area contributed by atoms with E-state index in [4.69, 9.17) is 16.3 Å². The van der Waals surface area contributed by atoms with Gasteiger partial charge in [-0.15, -0.1) is 11.6 Å². The average molecular weight is 253 g/mol. The average Bonchev–Trinajstić information content (AvgIpc) is 2.37. The van der Waals surface area contributed by atoms with Crippen LogP contribution in [-0.2, 0) is 11.2 Å². The molecule has 0 unspecified atom stereocenters. The molecule has 17 heavy (non-hydrogen) atoms. The van der Waals surface area contributed by atoms with Gasteiger partial charge in [0.1, 0.15) is 0 Å². The minimum absolute atomic E-state index is 0.300. The number of hydrogen-bond acceptors (Lipinski definition) is 1. The minimum atomic E-state index is 0.300. The normalized spacial score (nSPS) is 29.2. The number of ether oxygens (including phenoxy) is 1. The van der Waals surface area contributed by atoms with Crippen LogP contribution in [0.25, 0.3) is 0 Å². The van der Waals surface area contributed by atoms with Crippen molar-refractivity contribution in [1.29, 1.82) is 0 Å². The van der Waals surface area contributed by atoms with Gasteiger partial charge in [0.05, 0.1) is 12.2 Å². The maximum atomic E-state index is 6.29. The van der Waals surface area contributed by atoms with Crippen molar-refractivity contribution in [3.05, 3.63) is 35.9 Å². The molecule has 0 radical (unpaired) electrons. The lowest BCUT2D eigenvalue weighted by Gasteiger charge is -2.32. The Bertz CT molecular complexity index is 325. The summed E-state index contributed by atoms with van der Waals surface area (Å²) >= 11 is 6.29. The Labute approximate surface area is 109 Å². The molecule has 1 aromatic carbocycles. The highest BCUT2D eigenvalue weighted by atomic mass is 35.5. The lowest BCUT2D eigenvalue weighted by Crippen LogP contribution is -2.33. The van der Waals surface area contributed by atoms with E-state index in [1.54, 1.807) is 0 Å². The fourth-order valence-corrected chi connectivity index (χ4v) is 2.87. The molecule has 94 valence electrons. The topological polar surface area (TPSA) is 9.23 Å². The number of rotatable bonds is 4. The second-order valence-corrected chi connectivity index (χ2v) is 5.50. The fraction of sp³-hybridized carbons (Fsp3) is 0.600. The van der Waals surface area contributed by atoms with E-state index in [1.807, 2.05) is 0 Å². The van der Waals surface area contributed by atoms with E-state index < -0.39 is 0 Å². The van der Waals surface area contributed by atoms with Gasteiger partial charge < -0.3 is 4.74 Å². The molecule has 1 fully saturated rings. The number of halogens is 1. The van der Waals surface area contributed by atoms with Crippen LogP contribution in [-0.4, -0.2) is 17.6 Å². The number of hydrogen-bond donors (Lipinski definition) is 0. The fourth-order valence-electron chi connectivity index (χ4n) is 2.47. The van der Waals surface area contributed by atoms with Crippen LogP contribution in [0.3, 0.4) is 0 Å². The third kappa shape index (κ3) is 4.01. The number of alkyl halides is 1. The van der Waals surface area contributed by atoms with Gasteiger partial charge in [-0.1, -0.05) is 37.3 Å². The van der Waals surface area contributed by atoms with Crippen LogP contribution in [0.5, 0.6) is 0 Å². The second-order valence-electron chi connectivity index (χ2n) is 4.88. The van der Waals surface area contributed by atoms with Gasteiger partial charge in [0, 0.05) is 5.38 Å². The zero-order chi connectivity index (χ0) is 12.1. The third-order valence-electron chi connectivity index (χ3n) is 3.48. The van der Waals surface area contributed by atoms with Gasteiger partial charge in [-0.25, -0.2) is 0 Å². The Kier molecular flexibility index (Phi) is 4.87. The van der Waals surface area contributed by atoms with E-state index in [-0.39, 0.29) is 0 Å². The first-order chi connectivity index (χ1) is 8.28. The molecule has 1 saturated heterocycles. The first-order valence-corrected chi connectivity index (χ1v) is 7.05. The van der Waals surface area contributed by atoms with E-state index in [9.17, 15) is 0 Å². The van der Waals surface area contributed by atoms with Crippen molar-refractivity contribution in [3.63, 3.8) is 0 Å². The van der Waals surface area contributed by atoms with Crippen LogP contribution in [0.15, 0.2) is 30.3 Å². The maximum Gasteiger partial charge on any atom is 0.0596 e. The molecule has 1 aliphatic heterocycles. The monoisotopic (exact) mass is 252 g/mol. The predicted molar refractivity (Wildman–Crippen MR) is 72.6 cm³/mol. The van der Waals surface area contributed by atoms with Crippen LogP contribution < -0.4 is 0 Å². The highest BCUT2D eigenvalue weighted by molar-refractivity contribution is 6.20. The minimum Gasteiger partial charge on any atom is -0.375 e. The van der Waals surface area contributed by atoms with Crippen molar-refractivity contribution in [3.8, 4) is 0 Å². The molecule has 0 spiro atoms. The number of benzene rings is 1. The Morgan fingerprint density at radius 2 is 1.88 bits per heavy atom. The first-order valence-electron chi connectivity index (χ1n) is 6.61. The SMILES string of the molecule is CC[C@@H]1C[C@H](Cl)C[C@H](CCc2ccccc2)O1. The van der Waals surface area contributed by atoms with E-state index in [2.05, 4.69) is 37.3 Å². The lowest BCUT2D eigenvalue weighted by molar-refractivity contribution is -0.0519. The summed E-state index contributed by atoms with van der Waals surface area (Å²) in [5, 5.41) is 0.300. The summed E-state index contributed by atoms with van der Waals surface area (Å²) in [6.45, 7) is 2.17. The molecule has 0 bridgehead atoms. The number of aryl methyl sites for hydroxylation is 1. The Morgan fingerprint density at radius 1 is 1.18 bits per heavy atom. The van der Waals surface area contributed by atoms with Crippen molar-refractivity contribution in [2.45, 2.75) is 56.6 Å². The molecule has 2 heteroatoms. The van der Waals surface area contributed by atoms with Crippen molar-refractivity contribution in [2.24, 2.45) is 0 Å². The highest BCUT2D eigenvalue weighted by Crippen LogP contribution is 2.27. The summed E-state index contributed by atoms with van der Waals surface area (Å²) in [6.07, 6.45) is 5.98. The molecule has 3 atom stereocenters. The van der Waals surface area contributed by atoms with Gasteiger partial charge in [0.15, 0.2) is 0 Å². The van der Waals surface area contributed by atoms with Crippen molar-refractivity contribution < 1.29 is 4.74 Å². The van der Waals surface area contributed by atoms with Crippen LogP contribution in [0.1, 0.15) is 38.2 Å². The Morgan fingerprint density at radius 3 is 2.59 bits per heavy atom. The van der Waals surface area contributed by atoms with Crippen LogP contribution >= 0.6 is 11.6 Å². The summed E-state index contributed by atoms with van der Waals surface area (Å²) in [6, 6.07) is 10.6. The van der Waals surface area contributed by atoms with Crippen LogP contribution in [0.4, 0.5) is 0 Å².